The number of rotatable bonds is 3. The van der Waals surface area contributed by atoms with Crippen molar-refractivity contribution in [1.29, 1.82) is 5.26 Å². The highest BCUT2D eigenvalue weighted by atomic mass is 16.6. The van der Waals surface area contributed by atoms with Gasteiger partial charge < -0.3 is 10.1 Å². The number of carbonyl (C=O) groups excluding carboxylic acids is 1. The standard InChI is InChI=1S/C11H7N5O4/c12-4-3-9(17)14-15-10-7-5-6(16(19)20)1-2-8(7)13-11(10)18/h1-2,5,13,18H,3H2. The second-order valence-corrected chi connectivity index (χ2v) is 3.74. The third-order valence-corrected chi connectivity index (χ3v) is 2.44. The van der Waals surface area contributed by atoms with Crippen molar-refractivity contribution >= 4 is 28.2 Å². The van der Waals surface area contributed by atoms with Crippen LogP contribution in [-0.2, 0) is 4.79 Å². The molecule has 0 fully saturated rings. The van der Waals surface area contributed by atoms with E-state index in [2.05, 4.69) is 15.2 Å². The number of H-pyrrole nitrogens is 1. The topological polar surface area (TPSA) is 145 Å². The number of nitro benzene ring substituents is 1. The van der Waals surface area contributed by atoms with Crippen molar-refractivity contribution in [3.05, 3.63) is 28.3 Å². The molecule has 0 spiro atoms. The zero-order chi connectivity index (χ0) is 14.7. The quantitative estimate of drug-likeness (QED) is 0.500. The number of nitriles is 1. The van der Waals surface area contributed by atoms with Crippen molar-refractivity contribution in [1.82, 2.24) is 4.98 Å². The van der Waals surface area contributed by atoms with Gasteiger partial charge in [-0.15, -0.1) is 10.2 Å². The van der Waals surface area contributed by atoms with Crippen molar-refractivity contribution in [3.63, 3.8) is 0 Å². The Bertz CT molecular complexity index is 771. The maximum absolute atomic E-state index is 11.1. The number of carbonyl (C=O) groups is 1. The maximum atomic E-state index is 11.1. The summed E-state index contributed by atoms with van der Waals surface area (Å²) >= 11 is 0. The number of aromatic amines is 1. The van der Waals surface area contributed by atoms with Crippen LogP contribution in [0.25, 0.3) is 10.9 Å². The lowest BCUT2D eigenvalue weighted by atomic mass is 10.2. The molecular formula is C11H7N5O4. The van der Waals surface area contributed by atoms with Gasteiger partial charge in [-0.05, 0) is 6.07 Å². The normalized spacial score (nSPS) is 10.8. The molecule has 0 unspecified atom stereocenters. The second kappa shape index (κ2) is 5.15. The second-order valence-electron chi connectivity index (χ2n) is 3.74. The Morgan fingerprint density at radius 2 is 2.30 bits per heavy atom. The van der Waals surface area contributed by atoms with Gasteiger partial charge in [0, 0.05) is 17.5 Å². The van der Waals surface area contributed by atoms with Crippen LogP contribution in [-0.4, -0.2) is 20.9 Å². The summed E-state index contributed by atoms with van der Waals surface area (Å²) in [6.07, 6.45) is -0.438. The number of nitro groups is 1. The molecule has 2 N–H and O–H groups in total. The molecule has 2 rings (SSSR count). The van der Waals surface area contributed by atoms with E-state index in [9.17, 15) is 20.0 Å². The minimum Gasteiger partial charge on any atom is -0.493 e. The molecule has 1 amide bonds. The number of amides is 1. The maximum Gasteiger partial charge on any atom is 0.278 e. The largest absolute Gasteiger partial charge is 0.493 e. The number of nitrogens with zero attached hydrogens (tertiary/aromatic N) is 4. The first-order valence-corrected chi connectivity index (χ1v) is 5.33. The summed E-state index contributed by atoms with van der Waals surface area (Å²) in [7, 11) is 0. The smallest absolute Gasteiger partial charge is 0.278 e. The lowest BCUT2D eigenvalue weighted by Crippen LogP contribution is -1.87. The van der Waals surface area contributed by atoms with Gasteiger partial charge in [0.25, 0.3) is 11.6 Å². The van der Waals surface area contributed by atoms with Gasteiger partial charge in [0.15, 0.2) is 5.69 Å². The van der Waals surface area contributed by atoms with Crippen molar-refractivity contribution in [2.45, 2.75) is 6.42 Å². The van der Waals surface area contributed by atoms with Crippen LogP contribution in [0.5, 0.6) is 5.88 Å². The summed E-state index contributed by atoms with van der Waals surface area (Å²) in [5.74, 6) is -1.14. The zero-order valence-corrected chi connectivity index (χ0v) is 9.90. The molecule has 2 aromatic rings. The lowest BCUT2D eigenvalue weighted by molar-refractivity contribution is -0.384. The Kier molecular flexibility index (Phi) is 3.39. The molecule has 1 aromatic heterocycles. The number of hydrogen-bond acceptors (Lipinski definition) is 6. The molecular weight excluding hydrogens is 266 g/mol. The average molecular weight is 273 g/mol. The Labute approximate surface area is 111 Å². The van der Waals surface area contributed by atoms with Crippen molar-refractivity contribution < 1.29 is 14.8 Å². The first-order valence-electron chi connectivity index (χ1n) is 5.33. The molecule has 1 aromatic carbocycles. The molecule has 1 heterocycles. The number of nitrogens with one attached hydrogen (secondary N) is 1. The van der Waals surface area contributed by atoms with Crippen LogP contribution in [0, 0.1) is 21.4 Å². The predicted octanol–water partition coefficient (Wildman–Crippen LogP) is 2.31. The highest BCUT2D eigenvalue weighted by Crippen LogP contribution is 2.37. The number of hydrogen-bond donors (Lipinski definition) is 2. The molecule has 0 aliphatic heterocycles. The Balaban J connectivity index is 2.49. The molecule has 100 valence electrons. The SMILES string of the molecule is N#CCC(=O)N=Nc1c(O)[nH]c2ccc([N+](=O)[O-])cc12. The van der Waals surface area contributed by atoms with E-state index in [0.717, 1.165) is 0 Å². The number of aromatic nitrogens is 1. The first-order chi connectivity index (χ1) is 9.52. The fourth-order valence-electron chi connectivity index (χ4n) is 1.58. The van der Waals surface area contributed by atoms with E-state index < -0.39 is 17.3 Å². The Hall–Kier alpha value is -3.28. The molecule has 0 saturated carbocycles. The van der Waals surface area contributed by atoms with Crippen LogP contribution in [0.15, 0.2) is 28.4 Å². The monoisotopic (exact) mass is 273 g/mol. The van der Waals surface area contributed by atoms with E-state index in [4.69, 9.17) is 5.26 Å². The average Bonchev–Trinajstić information content (AvgIpc) is 2.71. The summed E-state index contributed by atoms with van der Waals surface area (Å²) in [6.45, 7) is 0. The first kappa shape index (κ1) is 13.2. The van der Waals surface area contributed by atoms with E-state index in [1.54, 1.807) is 6.07 Å². The van der Waals surface area contributed by atoms with E-state index >= 15 is 0 Å². The number of azo groups is 1. The molecule has 0 aliphatic carbocycles. The molecule has 0 radical (unpaired) electrons. The zero-order valence-electron chi connectivity index (χ0n) is 9.90. The molecule has 9 heteroatoms. The summed E-state index contributed by atoms with van der Waals surface area (Å²) < 4.78 is 0. The number of fused-ring (bicyclic) bond motifs is 1. The van der Waals surface area contributed by atoms with Crippen molar-refractivity contribution in [3.8, 4) is 11.9 Å². The van der Waals surface area contributed by atoms with Crippen LogP contribution in [0.4, 0.5) is 11.4 Å². The predicted molar refractivity (Wildman–Crippen MR) is 66.4 cm³/mol. The van der Waals surface area contributed by atoms with Crippen molar-refractivity contribution in [2.24, 2.45) is 10.2 Å². The van der Waals surface area contributed by atoms with Gasteiger partial charge in [0.05, 0.1) is 16.5 Å². The molecule has 0 bridgehead atoms. The van der Waals surface area contributed by atoms with Crippen molar-refractivity contribution in [2.75, 3.05) is 0 Å². The fourth-order valence-corrected chi connectivity index (χ4v) is 1.58. The van der Waals surface area contributed by atoms with E-state index in [0.29, 0.717) is 5.52 Å². The van der Waals surface area contributed by atoms with Gasteiger partial charge in [0.2, 0.25) is 5.88 Å². The van der Waals surface area contributed by atoms with Gasteiger partial charge in [-0.3, -0.25) is 14.9 Å². The van der Waals surface area contributed by atoms with Crippen LogP contribution in [0.1, 0.15) is 6.42 Å². The minimum atomic E-state index is -0.772. The minimum absolute atomic E-state index is 0.0880. The van der Waals surface area contributed by atoms with Crippen LogP contribution in [0.2, 0.25) is 0 Å². The van der Waals surface area contributed by atoms with Crippen LogP contribution in [0.3, 0.4) is 0 Å². The third kappa shape index (κ3) is 2.44. The van der Waals surface area contributed by atoms with Crippen LogP contribution < -0.4 is 0 Å². The van der Waals surface area contributed by atoms with E-state index in [1.807, 2.05) is 0 Å². The summed E-state index contributed by atoms with van der Waals surface area (Å²) in [5.41, 5.74) is 0.140. The highest BCUT2D eigenvalue weighted by Gasteiger charge is 2.15. The Morgan fingerprint density at radius 1 is 1.55 bits per heavy atom. The molecule has 20 heavy (non-hydrogen) atoms. The van der Waals surface area contributed by atoms with Gasteiger partial charge >= 0.3 is 0 Å². The van der Waals surface area contributed by atoms with Crippen LogP contribution >= 0.6 is 0 Å². The number of benzene rings is 1. The molecule has 0 aliphatic rings. The van der Waals surface area contributed by atoms with Gasteiger partial charge in [-0.25, -0.2) is 0 Å². The van der Waals surface area contributed by atoms with Gasteiger partial charge in [0.1, 0.15) is 6.42 Å². The highest BCUT2D eigenvalue weighted by molar-refractivity contribution is 5.95. The Morgan fingerprint density at radius 3 is 2.95 bits per heavy atom. The number of aromatic hydroxyl groups is 1. The fraction of sp³-hybridized carbons (Fsp3) is 0.0909. The molecule has 0 atom stereocenters. The van der Waals surface area contributed by atoms with E-state index in [-0.39, 0.29) is 22.6 Å². The lowest BCUT2D eigenvalue weighted by Gasteiger charge is -1.92. The summed E-state index contributed by atoms with van der Waals surface area (Å²) in [6, 6.07) is 5.48. The van der Waals surface area contributed by atoms with Gasteiger partial charge in [-0.1, -0.05) is 0 Å². The van der Waals surface area contributed by atoms with Gasteiger partial charge in [-0.2, -0.15) is 5.26 Å². The third-order valence-electron chi connectivity index (χ3n) is 2.44. The molecule has 9 nitrogen and oxygen atoms in total. The van der Waals surface area contributed by atoms with E-state index in [1.165, 1.54) is 18.2 Å². The number of non-ortho nitro benzene ring substituents is 1. The summed E-state index contributed by atoms with van der Waals surface area (Å²) in [5, 5.41) is 35.7. The summed E-state index contributed by atoms with van der Waals surface area (Å²) in [4.78, 5) is 23.7. The molecule has 0 saturated heterocycles.